The Balaban J connectivity index is 1.58. The standard InChI is InChI=1S/C24H31N5O2/c1-3-31-16-4-13-26-24(28-18-21-7-11-23(30-2)12-8-21)27-17-20-5-9-22(10-6-20)29-15-14-25-19-29/h5-12,14-15,19H,3-4,13,16-18H2,1-2H3,(H2,26,27,28). The molecular weight excluding hydrogens is 390 g/mol. The Hall–Kier alpha value is -3.32. The van der Waals surface area contributed by atoms with Gasteiger partial charge in [-0.25, -0.2) is 9.98 Å². The van der Waals surface area contributed by atoms with Crippen molar-refractivity contribution in [1.82, 2.24) is 20.2 Å². The van der Waals surface area contributed by atoms with E-state index in [0.29, 0.717) is 13.1 Å². The largest absolute Gasteiger partial charge is 0.497 e. The molecule has 7 nitrogen and oxygen atoms in total. The van der Waals surface area contributed by atoms with Gasteiger partial charge in [0.2, 0.25) is 0 Å². The van der Waals surface area contributed by atoms with Gasteiger partial charge in [-0.2, -0.15) is 0 Å². The van der Waals surface area contributed by atoms with Gasteiger partial charge in [-0.15, -0.1) is 0 Å². The molecule has 0 aliphatic carbocycles. The summed E-state index contributed by atoms with van der Waals surface area (Å²) >= 11 is 0. The molecule has 0 saturated carbocycles. The van der Waals surface area contributed by atoms with Crippen LogP contribution in [0.4, 0.5) is 0 Å². The van der Waals surface area contributed by atoms with Crippen LogP contribution in [0.5, 0.6) is 5.75 Å². The third-order valence-electron chi connectivity index (χ3n) is 4.74. The third kappa shape index (κ3) is 7.46. The van der Waals surface area contributed by atoms with Crippen LogP contribution in [0.3, 0.4) is 0 Å². The second-order valence-electron chi connectivity index (χ2n) is 6.98. The summed E-state index contributed by atoms with van der Waals surface area (Å²) < 4.78 is 12.6. The molecule has 0 radical (unpaired) electrons. The van der Waals surface area contributed by atoms with Crippen LogP contribution in [0.25, 0.3) is 5.69 Å². The monoisotopic (exact) mass is 421 g/mol. The van der Waals surface area contributed by atoms with E-state index in [1.54, 1.807) is 19.6 Å². The summed E-state index contributed by atoms with van der Waals surface area (Å²) in [7, 11) is 1.67. The molecule has 0 spiro atoms. The average Bonchev–Trinajstić information content (AvgIpc) is 3.36. The van der Waals surface area contributed by atoms with Crippen LogP contribution in [-0.4, -0.2) is 42.4 Å². The molecule has 164 valence electrons. The zero-order chi connectivity index (χ0) is 21.7. The van der Waals surface area contributed by atoms with Crippen molar-refractivity contribution >= 4 is 5.96 Å². The highest BCUT2D eigenvalue weighted by Crippen LogP contribution is 2.12. The number of ether oxygens (including phenoxy) is 2. The van der Waals surface area contributed by atoms with Gasteiger partial charge in [0.15, 0.2) is 5.96 Å². The van der Waals surface area contributed by atoms with E-state index in [9.17, 15) is 0 Å². The minimum Gasteiger partial charge on any atom is -0.497 e. The smallest absolute Gasteiger partial charge is 0.191 e. The zero-order valence-electron chi connectivity index (χ0n) is 18.3. The Labute approximate surface area is 184 Å². The molecular formula is C24H31N5O2. The Kier molecular flexibility index (Phi) is 8.94. The lowest BCUT2D eigenvalue weighted by Gasteiger charge is -2.13. The van der Waals surface area contributed by atoms with Gasteiger partial charge in [-0.3, -0.25) is 0 Å². The van der Waals surface area contributed by atoms with Gasteiger partial charge in [0, 0.05) is 44.4 Å². The van der Waals surface area contributed by atoms with Crippen LogP contribution >= 0.6 is 0 Å². The number of guanidine groups is 1. The predicted octanol–water partition coefficient (Wildman–Crippen LogP) is 3.54. The first-order valence-electron chi connectivity index (χ1n) is 10.6. The summed E-state index contributed by atoms with van der Waals surface area (Å²) in [6.07, 6.45) is 6.43. The summed E-state index contributed by atoms with van der Waals surface area (Å²) in [6, 6.07) is 16.4. The fourth-order valence-corrected chi connectivity index (χ4v) is 2.98. The molecule has 0 atom stereocenters. The van der Waals surface area contributed by atoms with Crippen molar-refractivity contribution in [1.29, 1.82) is 0 Å². The molecule has 0 aliphatic rings. The van der Waals surface area contributed by atoms with Crippen molar-refractivity contribution in [3.63, 3.8) is 0 Å². The summed E-state index contributed by atoms with van der Waals surface area (Å²) in [5.41, 5.74) is 3.39. The normalized spacial score (nSPS) is 11.4. The van der Waals surface area contributed by atoms with Crippen LogP contribution in [0, 0.1) is 0 Å². The van der Waals surface area contributed by atoms with Gasteiger partial charge in [0.25, 0.3) is 0 Å². The van der Waals surface area contributed by atoms with Crippen molar-refractivity contribution < 1.29 is 9.47 Å². The van der Waals surface area contributed by atoms with E-state index < -0.39 is 0 Å². The van der Waals surface area contributed by atoms with Crippen molar-refractivity contribution in [3.8, 4) is 11.4 Å². The Bertz CT molecular complexity index is 906. The third-order valence-corrected chi connectivity index (χ3v) is 4.74. The van der Waals surface area contributed by atoms with E-state index in [0.717, 1.165) is 49.1 Å². The molecule has 2 N–H and O–H groups in total. The Morgan fingerprint density at radius 1 is 1.03 bits per heavy atom. The number of benzene rings is 2. The zero-order valence-corrected chi connectivity index (χ0v) is 18.3. The molecule has 0 amide bonds. The number of methoxy groups -OCH3 is 1. The van der Waals surface area contributed by atoms with E-state index >= 15 is 0 Å². The fourth-order valence-electron chi connectivity index (χ4n) is 2.98. The summed E-state index contributed by atoms with van der Waals surface area (Å²) in [5, 5.41) is 6.83. The minimum absolute atomic E-state index is 0.588. The lowest BCUT2D eigenvalue weighted by atomic mass is 10.2. The number of rotatable bonds is 11. The molecule has 1 heterocycles. The Morgan fingerprint density at radius 2 is 1.81 bits per heavy atom. The van der Waals surface area contributed by atoms with E-state index in [4.69, 9.17) is 14.5 Å². The van der Waals surface area contributed by atoms with Crippen LogP contribution in [0.1, 0.15) is 24.5 Å². The average molecular weight is 422 g/mol. The van der Waals surface area contributed by atoms with E-state index in [1.807, 2.05) is 42.0 Å². The number of hydrogen-bond donors (Lipinski definition) is 2. The number of nitrogens with one attached hydrogen (secondary N) is 2. The fraction of sp³-hybridized carbons (Fsp3) is 0.333. The van der Waals surface area contributed by atoms with Crippen LogP contribution < -0.4 is 15.4 Å². The summed E-state index contributed by atoms with van der Waals surface area (Å²) in [5.74, 6) is 1.63. The van der Waals surface area contributed by atoms with Gasteiger partial charge in [0.05, 0.1) is 20.0 Å². The molecule has 2 aromatic carbocycles. The van der Waals surface area contributed by atoms with Gasteiger partial charge in [-0.05, 0) is 48.7 Å². The molecule has 0 fully saturated rings. The first-order valence-corrected chi connectivity index (χ1v) is 10.6. The van der Waals surface area contributed by atoms with Gasteiger partial charge >= 0.3 is 0 Å². The lowest BCUT2D eigenvalue weighted by Crippen LogP contribution is -2.37. The summed E-state index contributed by atoms with van der Waals surface area (Å²) in [4.78, 5) is 8.83. The van der Waals surface area contributed by atoms with Crippen molar-refractivity contribution in [2.75, 3.05) is 26.9 Å². The second kappa shape index (κ2) is 12.4. The molecule has 3 aromatic rings. The minimum atomic E-state index is 0.588. The maximum atomic E-state index is 5.42. The first-order chi connectivity index (χ1) is 15.3. The number of nitrogens with zero attached hydrogens (tertiary/aromatic N) is 3. The van der Waals surface area contributed by atoms with Crippen LogP contribution in [-0.2, 0) is 17.8 Å². The molecule has 31 heavy (non-hydrogen) atoms. The van der Waals surface area contributed by atoms with Gasteiger partial charge in [-0.1, -0.05) is 24.3 Å². The lowest BCUT2D eigenvalue weighted by molar-refractivity contribution is 0.145. The van der Waals surface area contributed by atoms with E-state index in [2.05, 4.69) is 39.9 Å². The molecule has 3 rings (SSSR count). The predicted molar refractivity (Wildman–Crippen MR) is 124 cm³/mol. The van der Waals surface area contributed by atoms with Crippen LogP contribution in [0.2, 0.25) is 0 Å². The van der Waals surface area contributed by atoms with E-state index in [-0.39, 0.29) is 0 Å². The van der Waals surface area contributed by atoms with Gasteiger partial charge in [0.1, 0.15) is 5.75 Å². The SMILES string of the molecule is CCOCCCNC(=NCc1ccc(OC)cc1)NCc1ccc(-n2ccnc2)cc1. The van der Waals surface area contributed by atoms with Crippen molar-refractivity contribution in [2.24, 2.45) is 4.99 Å². The molecule has 0 aliphatic heterocycles. The highest BCUT2D eigenvalue weighted by molar-refractivity contribution is 5.79. The topological polar surface area (TPSA) is 72.7 Å². The quantitative estimate of drug-likeness (QED) is 0.281. The Morgan fingerprint density at radius 3 is 2.48 bits per heavy atom. The van der Waals surface area contributed by atoms with E-state index in [1.165, 1.54) is 5.56 Å². The maximum Gasteiger partial charge on any atom is 0.191 e. The number of imidazole rings is 1. The number of aliphatic imine (C=N–C) groups is 1. The van der Waals surface area contributed by atoms with Crippen molar-refractivity contribution in [3.05, 3.63) is 78.4 Å². The highest BCUT2D eigenvalue weighted by atomic mass is 16.5. The molecule has 0 unspecified atom stereocenters. The molecule has 1 aromatic heterocycles. The molecule has 0 bridgehead atoms. The van der Waals surface area contributed by atoms with Crippen LogP contribution in [0.15, 0.2) is 72.2 Å². The summed E-state index contributed by atoms with van der Waals surface area (Å²) in [6.45, 7) is 5.56. The maximum absolute atomic E-state index is 5.42. The number of aromatic nitrogens is 2. The highest BCUT2D eigenvalue weighted by Gasteiger charge is 2.02. The molecule has 0 saturated heterocycles. The second-order valence-corrected chi connectivity index (χ2v) is 6.98. The van der Waals surface area contributed by atoms with Gasteiger partial charge < -0.3 is 24.7 Å². The first kappa shape index (κ1) is 22.4. The molecule has 7 heteroatoms. The van der Waals surface area contributed by atoms with Crippen molar-refractivity contribution in [2.45, 2.75) is 26.4 Å². The number of hydrogen-bond acceptors (Lipinski definition) is 4.